The fourth-order valence-electron chi connectivity index (χ4n) is 2.70. The van der Waals surface area contributed by atoms with Crippen LogP contribution in [0.5, 0.6) is 0 Å². The van der Waals surface area contributed by atoms with Gasteiger partial charge in [-0.2, -0.15) is 0 Å². The van der Waals surface area contributed by atoms with Crippen molar-refractivity contribution in [3.63, 3.8) is 0 Å². The van der Waals surface area contributed by atoms with Crippen LogP contribution in [0.25, 0.3) is 0 Å². The van der Waals surface area contributed by atoms with Crippen molar-refractivity contribution in [2.24, 2.45) is 0 Å². The number of carbonyl (C=O) groups excluding carboxylic acids is 3. The fraction of sp³-hybridized carbons (Fsp3) is 0.318. The second-order valence-electron chi connectivity index (χ2n) is 6.62. The minimum atomic E-state index is -0.564. The summed E-state index contributed by atoms with van der Waals surface area (Å²) in [6, 6.07) is 13.5. The van der Waals surface area contributed by atoms with Crippen LogP contribution in [0.2, 0.25) is 0 Å². The lowest BCUT2D eigenvalue weighted by Crippen LogP contribution is -2.30. The molecule has 2 aromatic rings. The largest absolute Gasteiger partial charge is 0.452 e. The van der Waals surface area contributed by atoms with Gasteiger partial charge in [0.2, 0.25) is 0 Å². The summed E-state index contributed by atoms with van der Waals surface area (Å²) in [6.07, 6.45) is 0. The van der Waals surface area contributed by atoms with E-state index < -0.39 is 18.5 Å². The van der Waals surface area contributed by atoms with E-state index in [0.29, 0.717) is 29.9 Å². The van der Waals surface area contributed by atoms with Gasteiger partial charge in [-0.25, -0.2) is 4.79 Å². The van der Waals surface area contributed by atoms with Crippen LogP contribution >= 0.6 is 0 Å². The van der Waals surface area contributed by atoms with E-state index in [1.165, 1.54) is 0 Å². The summed E-state index contributed by atoms with van der Waals surface area (Å²) in [6.45, 7) is 4.73. The Hall–Kier alpha value is -3.35. The summed E-state index contributed by atoms with van der Waals surface area (Å²) in [5, 5.41) is 2.65. The predicted molar refractivity (Wildman–Crippen MR) is 113 cm³/mol. The van der Waals surface area contributed by atoms with Gasteiger partial charge in [-0.3, -0.25) is 9.59 Å². The number of hydrogen-bond donors (Lipinski definition) is 1. The van der Waals surface area contributed by atoms with Crippen LogP contribution in [0, 0.1) is 0 Å². The van der Waals surface area contributed by atoms with Crippen LogP contribution < -0.4 is 10.2 Å². The second-order valence-corrected chi connectivity index (χ2v) is 6.62. The first kappa shape index (κ1) is 21.9. The van der Waals surface area contributed by atoms with Crippen molar-refractivity contribution in [1.82, 2.24) is 4.90 Å². The molecule has 0 fully saturated rings. The Morgan fingerprint density at radius 2 is 1.41 bits per heavy atom. The number of rotatable bonds is 8. The van der Waals surface area contributed by atoms with Crippen LogP contribution in [0.1, 0.15) is 34.6 Å². The van der Waals surface area contributed by atoms with Crippen molar-refractivity contribution >= 4 is 29.2 Å². The van der Waals surface area contributed by atoms with Gasteiger partial charge in [0.1, 0.15) is 0 Å². The number of benzene rings is 2. The van der Waals surface area contributed by atoms with Crippen molar-refractivity contribution in [3.05, 3.63) is 59.7 Å². The lowest BCUT2D eigenvalue weighted by atomic mass is 10.1. The maximum absolute atomic E-state index is 12.3. The summed E-state index contributed by atoms with van der Waals surface area (Å²) in [5.74, 6) is -1.07. The molecule has 154 valence electrons. The lowest BCUT2D eigenvalue weighted by Gasteiger charge is -2.18. The number of esters is 1. The number of anilines is 2. The Morgan fingerprint density at radius 3 is 1.93 bits per heavy atom. The molecule has 2 amide bonds. The zero-order valence-corrected chi connectivity index (χ0v) is 17.3. The molecule has 7 nitrogen and oxygen atoms in total. The lowest BCUT2D eigenvalue weighted by molar-refractivity contribution is -0.119. The molecule has 0 aliphatic heterocycles. The van der Waals surface area contributed by atoms with Gasteiger partial charge in [-0.05, 0) is 62.4 Å². The van der Waals surface area contributed by atoms with E-state index in [1.807, 2.05) is 32.8 Å². The van der Waals surface area contributed by atoms with Crippen molar-refractivity contribution < 1.29 is 19.1 Å². The Balaban J connectivity index is 1.87. The summed E-state index contributed by atoms with van der Waals surface area (Å²) < 4.78 is 5.06. The monoisotopic (exact) mass is 397 g/mol. The van der Waals surface area contributed by atoms with Crippen molar-refractivity contribution in [2.75, 3.05) is 44.0 Å². The number of carbonyl (C=O) groups is 3. The van der Waals surface area contributed by atoms with E-state index in [9.17, 15) is 14.4 Å². The zero-order chi connectivity index (χ0) is 21.4. The minimum Gasteiger partial charge on any atom is -0.452 e. The third kappa shape index (κ3) is 6.07. The van der Waals surface area contributed by atoms with Crippen LogP contribution in [0.15, 0.2) is 48.5 Å². The molecule has 7 heteroatoms. The first-order valence-corrected chi connectivity index (χ1v) is 9.49. The molecule has 0 aliphatic rings. The van der Waals surface area contributed by atoms with E-state index in [1.54, 1.807) is 53.4 Å². The number of nitrogens with one attached hydrogen (secondary N) is 1. The molecule has 29 heavy (non-hydrogen) atoms. The maximum Gasteiger partial charge on any atom is 0.338 e. The topological polar surface area (TPSA) is 79.0 Å². The molecule has 0 aliphatic carbocycles. The Kier molecular flexibility index (Phi) is 7.77. The summed E-state index contributed by atoms with van der Waals surface area (Å²) in [4.78, 5) is 40.0. The van der Waals surface area contributed by atoms with Gasteiger partial charge < -0.3 is 19.9 Å². The number of hydrogen-bond acceptors (Lipinski definition) is 5. The molecule has 1 N–H and O–H groups in total. The highest BCUT2D eigenvalue weighted by Gasteiger charge is 2.13. The first-order chi connectivity index (χ1) is 13.8. The third-order valence-corrected chi connectivity index (χ3v) is 4.42. The zero-order valence-electron chi connectivity index (χ0n) is 17.3. The number of amides is 2. The molecule has 0 radical (unpaired) electrons. The average Bonchev–Trinajstić information content (AvgIpc) is 2.73. The second kappa shape index (κ2) is 10.3. The summed E-state index contributed by atoms with van der Waals surface area (Å²) in [5.41, 5.74) is 2.42. The first-order valence-electron chi connectivity index (χ1n) is 9.49. The van der Waals surface area contributed by atoms with Gasteiger partial charge >= 0.3 is 5.97 Å². The SMILES string of the molecule is CCN(CC)C(=O)c1ccc(NC(=O)COC(=O)c2ccc(N(C)C)cc2)cc1. The highest BCUT2D eigenvalue weighted by atomic mass is 16.5. The van der Waals surface area contributed by atoms with Crippen LogP contribution in [0.4, 0.5) is 11.4 Å². The standard InChI is InChI=1S/C22H27N3O4/c1-5-25(6-2)21(27)16-7-11-18(12-8-16)23-20(26)15-29-22(28)17-9-13-19(14-10-17)24(3)4/h7-14H,5-6,15H2,1-4H3,(H,23,26). The number of nitrogens with zero attached hydrogens (tertiary/aromatic N) is 2. The van der Waals surface area contributed by atoms with Crippen molar-refractivity contribution in [1.29, 1.82) is 0 Å². The normalized spacial score (nSPS) is 10.2. The van der Waals surface area contributed by atoms with Gasteiger partial charge in [-0.1, -0.05) is 0 Å². The quantitative estimate of drug-likeness (QED) is 0.693. The highest BCUT2D eigenvalue weighted by Crippen LogP contribution is 2.14. The van der Waals surface area contributed by atoms with Gasteiger partial charge in [0.15, 0.2) is 6.61 Å². The van der Waals surface area contributed by atoms with Gasteiger partial charge in [-0.15, -0.1) is 0 Å². The molecule has 0 unspecified atom stereocenters. The van der Waals surface area contributed by atoms with Crippen LogP contribution in [-0.2, 0) is 9.53 Å². The number of ether oxygens (including phenoxy) is 1. The van der Waals surface area contributed by atoms with E-state index in [-0.39, 0.29) is 5.91 Å². The van der Waals surface area contributed by atoms with Gasteiger partial charge in [0.25, 0.3) is 11.8 Å². The molecule has 0 saturated carbocycles. The molecule has 0 atom stereocenters. The predicted octanol–water partition coefficient (Wildman–Crippen LogP) is 3.03. The molecular formula is C22H27N3O4. The van der Waals surface area contributed by atoms with E-state index >= 15 is 0 Å². The van der Waals surface area contributed by atoms with Crippen molar-refractivity contribution in [3.8, 4) is 0 Å². The van der Waals surface area contributed by atoms with E-state index in [2.05, 4.69) is 5.32 Å². The minimum absolute atomic E-state index is 0.0536. The Bertz CT molecular complexity index is 841. The van der Waals surface area contributed by atoms with E-state index in [0.717, 1.165) is 5.69 Å². The smallest absolute Gasteiger partial charge is 0.338 e. The molecule has 2 rings (SSSR count). The van der Waals surface area contributed by atoms with Gasteiger partial charge in [0, 0.05) is 44.1 Å². The molecule has 2 aromatic carbocycles. The van der Waals surface area contributed by atoms with Gasteiger partial charge in [0.05, 0.1) is 5.56 Å². The molecular weight excluding hydrogens is 370 g/mol. The summed E-state index contributed by atoms with van der Waals surface area (Å²) in [7, 11) is 3.81. The van der Waals surface area contributed by atoms with E-state index in [4.69, 9.17) is 4.74 Å². The molecule has 0 heterocycles. The maximum atomic E-state index is 12.3. The van der Waals surface area contributed by atoms with Crippen molar-refractivity contribution in [2.45, 2.75) is 13.8 Å². The fourth-order valence-corrected chi connectivity index (χ4v) is 2.70. The average molecular weight is 397 g/mol. The molecule has 0 bridgehead atoms. The highest BCUT2D eigenvalue weighted by molar-refractivity contribution is 5.97. The van der Waals surface area contributed by atoms with Crippen LogP contribution in [0.3, 0.4) is 0 Å². The summed E-state index contributed by atoms with van der Waals surface area (Å²) >= 11 is 0. The molecule has 0 aromatic heterocycles. The van der Waals surface area contributed by atoms with Crippen LogP contribution in [-0.4, -0.2) is 56.5 Å². The molecule has 0 saturated heterocycles. The Morgan fingerprint density at radius 1 is 0.862 bits per heavy atom. The third-order valence-electron chi connectivity index (χ3n) is 4.42. The Labute approximate surface area is 171 Å². The molecule has 0 spiro atoms.